The van der Waals surface area contributed by atoms with Gasteiger partial charge in [0, 0.05) is 29.3 Å². The smallest absolute Gasteiger partial charge is 0.0415 e. The largest absolute Gasteiger partial charge is 0.369 e. The van der Waals surface area contributed by atoms with Gasteiger partial charge >= 0.3 is 0 Å². The van der Waals surface area contributed by atoms with Crippen molar-refractivity contribution in [1.82, 2.24) is 5.32 Å². The summed E-state index contributed by atoms with van der Waals surface area (Å²) in [5.41, 5.74) is 2.81. The van der Waals surface area contributed by atoms with Crippen LogP contribution >= 0.6 is 15.9 Å². The molecule has 0 aliphatic carbocycles. The monoisotopic (exact) mass is 324 g/mol. The fraction of sp³-hybridized carbons (Fsp3) is 0.625. The van der Waals surface area contributed by atoms with Crippen LogP contribution in [0.4, 0.5) is 5.69 Å². The summed E-state index contributed by atoms with van der Waals surface area (Å²) < 4.78 is 1.17. The lowest BCUT2D eigenvalue weighted by Crippen LogP contribution is -2.41. The van der Waals surface area contributed by atoms with Crippen LogP contribution in [0.5, 0.6) is 0 Å². The summed E-state index contributed by atoms with van der Waals surface area (Å²) in [5.74, 6) is 0.860. The Labute approximate surface area is 125 Å². The molecule has 106 valence electrons. The molecule has 1 fully saturated rings. The number of halogens is 1. The number of piperidine rings is 1. The van der Waals surface area contributed by atoms with Crippen LogP contribution in [0.1, 0.15) is 39.2 Å². The summed E-state index contributed by atoms with van der Waals surface area (Å²) in [6.07, 6.45) is 2.61. The highest BCUT2D eigenvalue weighted by Crippen LogP contribution is 2.31. The number of nitrogens with one attached hydrogen (secondary N) is 1. The van der Waals surface area contributed by atoms with Gasteiger partial charge in [0.1, 0.15) is 0 Å². The van der Waals surface area contributed by atoms with Crippen LogP contribution in [0.15, 0.2) is 22.7 Å². The Balaban J connectivity index is 2.22. The minimum Gasteiger partial charge on any atom is -0.369 e. The molecule has 1 aromatic rings. The van der Waals surface area contributed by atoms with Gasteiger partial charge in [0.05, 0.1) is 0 Å². The van der Waals surface area contributed by atoms with Gasteiger partial charge in [-0.05, 0) is 56.0 Å². The third-order valence-corrected chi connectivity index (χ3v) is 4.55. The first-order chi connectivity index (χ1) is 9.11. The maximum atomic E-state index is 3.59. The third kappa shape index (κ3) is 3.73. The van der Waals surface area contributed by atoms with E-state index >= 15 is 0 Å². The van der Waals surface area contributed by atoms with Gasteiger partial charge in [0.25, 0.3) is 0 Å². The number of hydrogen-bond donors (Lipinski definition) is 1. The van der Waals surface area contributed by atoms with E-state index in [-0.39, 0.29) is 0 Å². The molecular formula is C16H25BrN2. The van der Waals surface area contributed by atoms with E-state index in [1.54, 1.807) is 0 Å². The Morgan fingerprint density at radius 3 is 2.84 bits per heavy atom. The van der Waals surface area contributed by atoms with Crippen LogP contribution in [0.3, 0.4) is 0 Å². The Morgan fingerprint density at radius 1 is 1.37 bits per heavy atom. The average Bonchev–Trinajstić information content (AvgIpc) is 2.37. The molecule has 0 bridgehead atoms. The Kier molecular flexibility index (Phi) is 5.28. The molecule has 1 saturated heterocycles. The number of nitrogens with zero attached hydrogens (tertiary/aromatic N) is 1. The lowest BCUT2D eigenvalue weighted by atomic mass is 9.92. The molecule has 1 aliphatic rings. The van der Waals surface area contributed by atoms with Crippen molar-refractivity contribution in [1.29, 1.82) is 0 Å². The molecule has 1 N–H and O–H groups in total. The van der Waals surface area contributed by atoms with Crippen molar-refractivity contribution in [3.05, 3.63) is 28.2 Å². The maximum absolute atomic E-state index is 3.59. The van der Waals surface area contributed by atoms with E-state index in [9.17, 15) is 0 Å². The lowest BCUT2D eigenvalue weighted by Gasteiger charge is -2.39. The molecule has 0 spiro atoms. The Bertz CT molecular complexity index is 419. The van der Waals surface area contributed by atoms with Crippen molar-refractivity contribution in [2.45, 2.75) is 46.2 Å². The lowest BCUT2D eigenvalue weighted by molar-refractivity contribution is 0.377. The number of benzene rings is 1. The minimum absolute atomic E-state index is 0.644. The van der Waals surface area contributed by atoms with Crippen LogP contribution in [0.25, 0.3) is 0 Å². The van der Waals surface area contributed by atoms with E-state index in [1.165, 1.54) is 35.1 Å². The molecule has 2 nitrogen and oxygen atoms in total. The van der Waals surface area contributed by atoms with Crippen LogP contribution in [0.2, 0.25) is 0 Å². The molecule has 0 amide bonds. The predicted octanol–water partition coefficient (Wildman–Crippen LogP) is 4.18. The average molecular weight is 325 g/mol. The van der Waals surface area contributed by atoms with E-state index in [0.29, 0.717) is 6.04 Å². The van der Waals surface area contributed by atoms with E-state index in [4.69, 9.17) is 0 Å². The van der Waals surface area contributed by atoms with Crippen molar-refractivity contribution in [2.75, 3.05) is 18.0 Å². The van der Waals surface area contributed by atoms with Crippen LogP contribution in [-0.2, 0) is 6.54 Å². The third-order valence-electron chi connectivity index (χ3n) is 4.05. The first-order valence-electron chi connectivity index (χ1n) is 7.37. The molecule has 3 heteroatoms. The second-order valence-electron chi connectivity index (χ2n) is 5.73. The van der Waals surface area contributed by atoms with Crippen LogP contribution in [0, 0.1) is 5.92 Å². The van der Waals surface area contributed by atoms with E-state index in [2.05, 4.69) is 65.1 Å². The Hall–Kier alpha value is -0.540. The van der Waals surface area contributed by atoms with Gasteiger partial charge in [0.2, 0.25) is 0 Å². The molecule has 1 heterocycles. The van der Waals surface area contributed by atoms with Crippen molar-refractivity contribution in [3.63, 3.8) is 0 Å². The first-order valence-corrected chi connectivity index (χ1v) is 8.17. The van der Waals surface area contributed by atoms with Gasteiger partial charge in [-0.3, -0.25) is 0 Å². The second kappa shape index (κ2) is 6.76. The number of hydrogen-bond acceptors (Lipinski definition) is 2. The maximum Gasteiger partial charge on any atom is 0.0415 e. The highest BCUT2D eigenvalue weighted by atomic mass is 79.9. The molecule has 2 rings (SSSR count). The summed E-state index contributed by atoms with van der Waals surface area (Å²) in [5, 5.41) is 3.45. The van der Waals surface area contributed by atoms with Gasteiger partial charge < -0.3 is 10.2 Å². The molecule has 0 aromatic heterocycles. The fourth-order valence-electron chi connectivity index (χ4n) is 3.00. The standard InChI is InChI=1S/C16H25BrN2/c1-4-18-11-14-10-15(17)5-6-16(14)19-8-7-12(2)9-13(19)3/h5-6,10,12-13,18H,4,7-9,11H2,1-3H3. The highest BCUT2D eigenvalue weighted by Gasteiger charge is 2.24. The van der Waals surface area contributed by atoms with Gasteiger partial charge in [-0.1, -0.05) is 29.8 Å². The summed E-state index contributed by atoms with van der Waals surface area (Å²) in [4.78, 5) is 2.58. The molecule has 2 unspecified atom stereocenters. The summed E-state index contributed by atoms with van der Waals surface area (Å²) in [7, 11) is 0. The zero-order chi connectivity index (χ0) is 13.8. The van der Waals surface area contributed by atoms with E-state index in [0.717, 1.165) is 19.0 Å². The molecule has 0 saturated carbocycles. The van der Waals surface area contributed by atoms with Gasteiger partial charge in [-0.25, -0.2) is 0 Å². The Morgan fingerprint density at radius 2 is 2.16 bits per heavy atom. The molecule has 0 radical (unpaired) electrons. The van der Waals surface area contributed by atoms with E-state index in [1.807, 2.05) is 0 Å². The zero-order valence-corrected chi connectivity index (χ0v) is 13.8. The van der Waals surface area contributed by atoms with Crippen molar-refractivity contribution in [3.8, 4) is 0 Å². The fourth-order valence-corrected chi connectivity index (χ4v) is 3.41. The van der Waals surface area contributed by atoms with Crippen molar-refractivity contribution in [2.24, 2.45) is 5.92 Å². The van der Waals surface area contributed by atoms with Gasteiger partial charge in [0.15, 0.2) is 0 Å². The van der Waals surface area contributed by atoms with Crippen molar-refractivity contribution < 1.29 is 0 Å². The second-order valence-corrected chi connectivity index (χ2v) is 6.64. The first kappa shape index (κ1) is 14.9. The quantitative estimate of drug-likeness (QED) is 0.893. The molecule has 2 atom stereocenters. The normalized spacial score (nSPS) is 23.7. The van der Waals surface area contributed by atoms with Crippen LogP contribution in [-0.4, -0.2) is 19.1 Å². The minimum atomic E-state index is 0.644. The predicted molar refractivity (Wildman–Crippen MR) is 86.7 cm³/mol. The molecular weight excluding hydrogens is 300 g/mol. The highest BCUT2D eigenvalue weighted by molar-refractivity contribution is 9.10. The number of anilines is 1. The SMILES string of the molecule is CCNCc1cc(Br)ccc1N1CCC(C)CC1C. The zero-order valence-electron chi connectivity index (χ0n) is 12.2. The molecule has 1 aliphatic heterocycles. The van der Waals surface area contributed by atoms with Crippen LogP contribution < -0.4 is 10.2 Å². The molecule has 19 heavy (non-hydrogen) atoms. The van der Waals surface area contributed by atoms with Crippen molar-refractivity contribution >= 4 is 21.6 Å². The number of rotatable bonds is 4. The van der Waals surface area contributed by atoms with Gasteiger partial charge in [-0.15, -0.1) is 0 Å². The summed E-state index contributed by atoms with van der Waals surface area (Å²) >= 11 is 3.59. The topological polar surface area (TPSA) is 15.3 Å². The molecule has 1 aromatic carbocycles. The van der Waals surface area contributed by atoms with Gasteiger partial charge in [-0.2, -0.15) is 0 Å². The summed E-state index contributed by atoms with van der Waals surface area (Å²) in [6, 6.07) is 7.33. The summed E-state index contributed by atoms with van der Waals surface area (Å²) in [6.45, 7) is 10.0. The van der Waals surface area contributed by atoms with E-state index < -0.39 is 0 Å².